The molecule has 2 aliphatic rings. The van der Waals surface area contributed by atoms with Gasteiger partial charge in [0.2, 0.25) is 0 Å². The van der Waals surface area contributed by atoms with E-state index < -0.39 is 11.4 Å². The zero-order chi connectivity index (χ0) is 20.7. The Hall–Kier alpha value is -2.97. The molecule has 4 heterocycles. The Labute approximate surface area is 176 Å². The van der Waals surface area contributed by atoms with Crippen molar-refractivity contribution in [1.82, 2.24) is 9.47 Å². The number of fused-ring (bicyclic) bond motifs is 1. The number of pyridine rings is 1. The summed E-state index contributed by atoms with van der Waals surface area (Å²) in [5.41, 5.74) is 2.84. The third-order valence-corrected chi connectivity index (χ3v) is 6.48. The van der Waals surface area contributed by atoms with Crippen LogP contribution in [0.2, 0.25) is 0 Å². The van der Waals surface area contributed by atoms with Gasteiger partial charge in [-0.2, -0.15) is 0 Å². The highest BCUT2D eigenvalue weighted by molar-refractivity contribution is 7.14. The van der Waals surface area contributed by atoms with Crippen LogP contribution >= 0.6 is 11.3 Å². The first-order valence-corrected chi connectivity index (χ1v) is 10.6. The van der Waals surface area contributed by atoms with E-state index in [-0.39, 0.29) is 18.7 Å². The van der Waals surface area contributed by atoms with Gasteiger partial charge in [0.05, 0.1) is 13.1 Å². The van der Waals surface area contributed by atoms with Gasteiger partial charge in [0.1, 0.15) is 11.1 Å². The predicted molar refractivity (Wildman–Crippen MR) is 112 cm³/mol. The third-order valence-electron chi connectivity index (χ3n) is 5.47. The number of carbonyl (C=O) groups is 1. The van der Waals surface area contributed by atoms with Gasteiger partial charge >= 0.3 is 6.09 Å². The first-order chi connectivity index (χ1) is 14.6. The van der Waals surface area contributed by atoms with E-state index in [2.05, 4.69) is 17.0 Å². The van der Waals surface area contributed by atoms with E-state index in [9.17, 15) is 14.0 Å². The number of carbonyl (C=O) groups excluding carboxylic acids is 1. The van der Waals surface area contributed by atoms with E-state index >= 15 is 0 Å². The maximum atomic E-state index is 13.5. The number of aromatic nitrogens is 1. The molecule has 0 bridgehead atoms. The van der Waals surface area contributed by atoms with Crippen LogP contribution in [0.25, 0.3) is 0 Å². The number of nitrogens with zero attached hydrogens (tertiary/aromatic N) is 3. The number of ether oxygens (including phenoxy) is 1. The van der Waals surface area contributed by atoms with Gasteiger partial charge in [-0.05, 0) is 40.3 Å². The minimum absolute atomic E-state index is 0.191. The fourth-order valence-corrected chi connectivity index (χ4v) is 4.94. The molecule has 1 amide bonds. The molecule has 8 heteroatoms. The van der Waals surface area contributed by atoms with E-state index in [1.165, 1.54) is 33.1 Å². The van der Waals surface area contributed by atoms with Crippen molar-refractivity contribution in [1.29, 1.82) is 0 Å². The number of hydrogen-bond acceptors (Lipinski definition) is 5. The van der Waals surface area contributed by atoms with E-state index in [1.807, 2.05) is 23.6 Å². The summed E-state index contributed by atoms with van der Waals surface area (Å²) in [6.45, 7) is 3.18. The van der Waals surface area contributed by atoms with Crippen LogP contribution in [-0.2, 0) is 24.4 Å². The van der Waals surface area contributed by atoms with Gasteiger partial charge in [-0.15, -0.1) is 11.3 Å². The number of amides is 1. The van der Waals surface area contributed by atoms with Crippen molar-refractivity contribution >= 4 is 22.4 Å². The normalized spacial score (nSPS) is 18.6. The van der Waals surface area contributed by atoms with Crippen LogP contribution in [-0.4, -0.2) is 34.8 Å². The van der Waals surface area contributed by atoms with E-state index in [0.717, 1.165) is 29.7 Å². The largest absolute Gasteiger partial charge is 0.443 e. The summed E-state index contributed by atoms with van der Waals surface area (Å²) < 4.78 is 20.4. The van der Waals surface area contributed by atoms with Crippen LogP contribution in [0.5, 0.6) is 0 Å². The standard InChI is InChI=1S/C22H20FN3O3S/c23-19-6-3-7-25(21(19)27)9-15-8-20(30-14-15)26-13-18(29-22(26)28)12-24-10-16-4-1-2-5-17(16)11-24/h1-8,14,18H,9-13H2/t18-/m0/s1. The first-order valence-electron chi connectivity index (χ1n) is 9.76. The Morgan fingerprint density at radius 2 is 1.87 bits per heavy atom. The van der Waals surface area contributed by atoms with Crippen molar-refractivity contribution in [3.8, 4) is 0 Å². The predicted octanol–water partition coefficient (Wildman–Crippen LogP) is 3.44. The Balaban J connectivity index is 1.23. The average Bonchev–Trinajstić information content (AvgIpc) is 3.43. The molecule has 0 spiro atoms. The molecule has 2 aliphatic heterocycles. The topological polar surface area (TPSA) is 54.8 Å². The summed E-state index contributed by atoms with van der Waals surface area (Å²) in [5, 5.41) is 2.65. The molecule has 1 aromatic carbocycles. The molecule has 6 nitrogen and oxygen atoms in total. The summed E-state index contributed by atoms with van der Waals surface area (Å²) in [5.74, 6) is -0.775. The lowest BCUT2D eigenvalue weighted by molar-refractivity contribution is 0.108. The molecule has 2 aromatic heterocycles. The molecule has 1 atom stereocenters. The molecule has 3 aromatic rings. The van der Waals surface area contributed by atoms with Crippen LogP contribution in [0.1, 0.15) is 16.7 Å². The Kier molecular flexibility index (Phi) is 4.88. The van der Waals surface area contributed by atoms with Crippen molar-refractivity contribution in [2.45, 2.75) is 25.7 Å². The smallest absolute Gasteiger partial charge is 0.415 e. The molecule has 0 unspecified atom stereocenters. The number of benzene rings is 1. The van der Waals surface area contributed by atoms with Crippen molar-refractivity contribution in [2.75, 3.05) is 18.0 Å². The van der Waals surface area contributed by atoms with E-state index in [0.29, 0.717) is 13.1 Å². The van der Waals surface area contributed by atoms with Gasteiger partial charge in [0.15, 0.2) is 5.82 Å². The molecule has 5 rings (SSSR count). The van der Waals surface area contributed by atoms with Crippen molar-refractivity contribution in [3.63, 3.8) is 0 Å². The number of anilines is 1. The van der Waals surface area contributed by atoms with Crippen molar-refractivity contribution in [2.24, 2.45) is 0 Å². The SMILES string of the molecule is O=C1O[C@@H](CN2Cc3ccccc3C2)CN1c1cc(Cn2cccc(F)c2=O)cs1. The highest BCUT2D eigenvalue weighted by atomic mass is 32.1. The van der Waals surface area contributed by atoms with E-state index in [1.54, 1.807) is 11.1 Å². The second-order valence-corrected chi connectivity index (χ2v) is 8.53. The molecule has 0 aliphatic carbocycles. The second-order valence-electron chi connectivity index (χ2n) is 7.64. The number of hydrogen-bond donors (Lipinski definition) is 0. The van der Waals surface area contributed by atoms with Gasteiger partial charge in [-0.1, -0.05) is 24.3 Å². The van der Waals surface area contributed by atoms with Gasteiger partial charge in [-0.3, -0.25) is 14.6 Å². The van der Waals surface area contributed by atoms with Crippen LogP contribution in [0.15, 0.2) is 58.8 Å². The fraction of sp³-hybridized carbons (Fsp3) is 0.273. The van der Waals surface area contributed by atoms with Gasteiger partial charge in [0.25, 0.3) is 5.56 Å². The number of cyclic esters (lactones) is 1. The van der Waals surface area contributed by atoms with Gasteiger partial charge in [0, 0.05) is 25.8 Å². The van der Waals surface area contributed by atoms with Crippen molar-refractivity contribution < 1.29 is 13.9 Å². The minimum Gasteiger partial charge on any atom is -0.443 e. The average molecular weight is 425 g/mol. The van der Waals surface area contributed by atoms with Crippen LogP contribution < -0.4 is 10.5 Å². The molecular formula is C22H20FN3O3S. The second kappa shape index (κ2) is 7.70. The molecule has 0 radical (unpaired) electrons. The molecule has 0 saturated carbocycles. The molecule has 1 saturated heterocycles. The molecular weight excluding hydrogens is 405 g/mol. The summed E-state index contributed by atoms with van der Waals surface area (Å²) in [7, 11) is 0. The molecule has 30 heavy (non-hydrogen) atoms. The maximum Gasteiger partial charge on any atom is 0.415 e. The summed E-state index contributed by atoms with van der Waals surface area (Å²) in [4.78, 5) is 28.2. The van der Waals surface area contributed by atoms with Gasteiger partial charge in [-0.25, -0.2) is 9.18 Å². The lowest BCUT2D eigenvalue weighted by Crippen LogP contribution is -2.31. The highest BCUT2D eigenvalue weighted by Crippen LogP contribution is 2.30. The van der Waals surface area contributed by atoms with Crippen molar-refractivity contribution in [3.05, 3.63) is 86.9 Å². The summed E-state index contributed by atoms with van der Waals surface area (Å²) in [6.07, 6.45) is 1.01. The molecule has 154 valence electrons. The highest BCUT2D eigenvalue weighted by Gasteiger charge is 2.35. The molecule has 1 fully saturated rings. The number of rotatable bonds is 5. The maximum absolute atomic E-state index is 13.5. The summed E-state index contributed by atoms with van der Waals surface area (Å²) in [6, 6.07) is 12.9. The first kappa shape index (κ1) is 19.0. The van der Waals surface area contributed by atoms with Crippen LogP contribution in [0, 0.1) is 5.82 Å². The Morgan fingerprint density at radius 3 is 2.63 bits per heavy atom. The monoisotopic (exact) mass is 425 g/mol. The molecule has 0 N–H and O–H groups in total. The lowest BCUT2D eigenvalue weighted by Gasteiger charge is -2.18. The zero-order valence-corrected chi connectivity index (χ0v) is 17.0. The van der Waals surface area contributed by atoms with E-state index in [4.69, 9.17) is 4.74 Å². The van der Waals surface area contributed by atoms with Crippen LogP contribution in [0.3, 0.4) is 0 Å². The minimum atomic E-state index is -0.775. The Bertz CT molecular complexity index is 1130. The lowest BCUT2D eigenvalue weighted by atomic mass is 10.1. The quantitative estimate of drug-likeness (QED) is 0.629. The summed E-state index contributed by atoms with van der Waals surface area (Å²) >= 11 is 1.42. The number of thiophene rings is 1. The number of halogens is 1. The fourth-order valence-electron chi connectivity index (χ4n) is 4.03. The third kappa shape index (κ3) is 3.64. The Morgan fingerprint density at radius 1 is 1.10 bits per heavy atom. The van der Waals surface area contributed by atoms with Crippen LogP contribution in [0.4, 0.5) is 14.2 Å². The van der Waals surface area contributed by atoms with Gasteiger partial charge < -0.3 is 9.30 Å². The zero-order valence-electron chi connectivity index (χ0n) is 16.2.